The Hall–Kier alpha value is -3.34. The fraction of sp³-hybridized carbons (Fsp3) is 0.560. The Morgan fingerprint density at radius 1 is 1.25 bits per heavy atom. The number of carbonyl (C=O) groups is 1. The summed E-state index contributed by atoms with van der Waals surface area (Å²) in [7, 11) is 1.78. The zero-order valence-corrected chi connectivity index (χ0v) is 20.8. The van der Waals surface area contributed by atoms with Gasteiger partial charge in [0.15, 0.2) is 11.3 Å². The van der Waals surface area contributed by atoms with Crippen molar-refractivity contribution in [1.29, 1.82) is 0 Å². The average molecular weight is 499 g/mol. The van der Waals surface area contributed by atoms with Gasteiger partial charge in [-0.3, -0.25) is 9.07 Å². The number of aliphatic carboxylic acids is 1. The molecule has 10 nitrogen and oxygen atoms in total. The van der Waals surface area contributed by atoms with Crippen LogP contribution in [0.25, 0.3) is 11.0 Å². The Kier molecular flexibility index (Phi) is 8.99. The molecule has 1 aliphatic heterocycles. The number of aromatic nitrogens is 5. The third kappa shape index (κ3) is 6.87. The van der Waals surface area contributed by atoms with Crippen LogP contribution in [0.4, 0.5) is 16.0 Å². The van der Waals surface area contributed by atoms with Crippen molar-refractivity contribution in [3.05, 3.63) is 35.9 Å². The molecule has 0 fully saturated rings. The molecule has 0 saturated carbocycles. The number of aryl methyl sites for hydroxylation is 3. The molecule has 1 aliphatic rings. The number of hydrogen-bond donors (Lipinski definition) is 3. The first-order valence-electron chi connectivity index (χ1n) is 12.7. The van der Waals surface area contributed by atoms with Crippen molar-refractivity contribution in [3.63, 3.8) is 0 Å². The summed E-state index contributed by atoms with van der Waals surface area (Å²) in [6.07, 6.45) is 8.96. The van der Waals surface area contributed by atoms with E-state index in [9.17, 15) is 14.3 Å². The van der Waals surface area contributed by atoms with Crippen LogP contribution in [0.3, 0.4) is 0 Å². The predicted octanol–water partition coefficient (Wildman–Crippen LogP) is 3.06. The Morgan fingerprint density at radius 2 is 2.11 bits per heavy atom. The van der Waals surface area contributed by atoms with Gasteiger partial charge in [0.25, 0.3) is 0 Å². The van der Waals surface area contributed by atoms with Crippen molar-refractivity contribution in [1.82, 2.24) is 29.6 Å². The summed E-state index contributed by atoms with van der Waals surface area (Å²) in [6.45, 7) is 2.52. The Morgan fingerprint density at radius 3 is 2.94 bits per heavy atom. The number of halogens is 1. The van der Waals surface area contributed by atoms with Crippen LogP contribution in [-0.4, -0.2) is 79.6 Å². The van der Waals surface area contributed by atoms with Crippen molar-refractivity contribution in [2.75, 3.05) is 43.5 Å². The molecular formula is C25H35FN8O2. The molecule has 11 heteroatoms. The first-order valence-corrected chi connectivity index (χ1v) is 12.7. The average Bonchev–Trinajstić information content (AvgIpc) is 3.27. The van der Waals surface area contributed by atoms with Crippen molar-refractivity contribution < 1.29 is 14.3 Å². The Balaban J connectivity index is 1.29. The van der Waals surface area contributed by atoms with Crippen LogP contribution in [0.15, 0.2) is 24.7 Å². The Labute approximate surface area is 210 Å². The largest absolute Gasteiger partial charge is 0.480 e. The number of carboxylic acid groups (broad SMARTS) is 1. The van der Waals surface area contributed by atoms with Crippen LogP contribution in [-0.2, 0) is 24.7 Å². The van der Waals surface area contributed by atoms with Crippen molar-refractivity contribution in [2.24, 2.45) is 7.05 Å². The second-order valence-corrected chi connectivity index (χ2v) is 9.26. The topological polar surface area (TPSA) is 121 Å². The highest BCUT2D eigenvalue weighted by Crippen LogP contribution is 2.21. The van der Waals surface area contributed by atoms with Crippen molar-refractivity contribution in [3.8, 4) is 0 Å². The zero-order chi connectivity index (χ0) is 25.3. The van der Waals surface area contributed by atoms with E-state index in [1.807, 2.05) is 0 Å². The molecule has 36 heavy (non-hydrogen) atoms. The van der Waals surface area contributed by atoms with Gasteiger partial charge >= 0.3 is 5.97 Å². The molecule has 3 aromatic heterocycles. The van der Waals surface area contributed by atoms with Gasteiger partial charge in [0.05, 0.1) is 12.9 Å². The fourth-order valence-electron chi connectivity index (χ4n) is 4.56. The molecule has 4 rings (SSSR count). The molecule has 4 heterocycles. The van der Waals surface area contributed by atoms with Crippen molar-refractivity contribution in [2.45, 2.75) is 51.0 Å². The normalized spacial score (nSPS) is 14.0. The molecular weight excluding hydrogens is 463 g/mol. The van der Waals surface area contributed by atoms with E-state index in [2.05, 4.69) is 42.7 Å². The number of fused-ring (bicyclic) bond motifs is 2. The highest BCUT2D eigenvalue weighted by atomic mass is 19.1. The predicted molar refractivity (Wildman–Crippen MR) is 137 cm³/mol. The maximum atomic E-state index is 12.9. The first-order chi connectivity index (χ1) is 17.5. The lowest BCUT2D eigenvalue weighted by molar-refractivity contribution is -0.138. The van der Waals surface area contributed by atoms with Gasteiger partial charge in [-0.1, -0.05) is 6.07 Å². The van der Waals surface area contributed by atoms with Gasteiger partial charge in [-0.15, -0.1) is 0 Å². The minimum Gasteiger partial charge on any atom is -0.480 e. The minimum absolute atomic E-state index is 0.359. The highest BCUT2D eigenvalue weighted by molar-refractivity contribution is 5.87. The molecule has 0 bridgehead atoms. The monoisotopic (exact) mass is 498 g/mol. The fourth-order valence-corrected chi connectivity index (χ4v) is 4.56. The number of carboxylic acids is 1. The van der Waals surface area contributed by atoms with Crippen LogP contribution < -0.4 is 10.6 Å². The standard InChI is InChI=1S/C25H35FN8O2/c1-33-16-21-22(32-33)24(29-17-28-21)31-20(25(35)36)10-15-34(14-5-11-26)13-3-2-7-19-9-8-18-6-4-12-27-23(18)30-19/h8-9,16-17,20H,2-7,10-15H2,1H3,(H,27,30)(H,35,36)(H,28,29,31). The summed E-state index contributed by atoms with van der Waals surface area (Å²) >= 11 is 0. The summed E-state index contributed by atoms with van der Waals surface area (Å²) in [5.74, 6) is 0.452. The third-order valence-electron chi connectivity index (χ3n) is 6.48. The summed E-state index contributed by atoms with van der Waals surface area (Å²) < 4.78 is 14.5. The molecule has 0 aliphatic carbocycles. The smallest absolute Gasteiger partial charge is 0.326 e. The number of nitrogens with one attached hydrogen (secondary N) is 2. The number of pyridine rings is 1. The maximum absolute atomic E-state index is 12.9. The molecule has 0 saturated heterocycles. The SMILES string of the molecule is Cn1cc2ncnc(NC(CCN(CCCF)CCCCc3ccc4c(n3)NCCC4)C(=O)O)c2n1. The van der Waals surface area contributed by atoms with E-state index in [0.29, 0.717) is 42.8 Å². The second-order valence-electron chi connectivity index (χ2n) is 9.26. The van der Waals surface area contributed by atoms with E-state index >= 15 is 0 Å². The number of rotatable bonds is 14. The van der Waals surface area contributed by atoms with Crippen LogP contribution >= 0.6 is 0 Å². The van der Waals surface area contributed by atoms with E-state index in [-0.39, 0.29) is 6.67 Å². The maximum Gasteiger partial charge on any atom is 0.326 e. The van der Waals surface area contributed by atoms with Gasteiger partial charge in [-0.2, -0.15) is 5.10 Å². The third-order valence-corrected chi connectivity index (χ3v) is 6.48. The van der Waals surface area contributed by atoms with Gasteiger partial charge in [-0.25, -0.2) is 19.7 Å². The van der Waals surface area contributed by atoms with Crippen molar-refractivity contribution >= 4 is 28.6 Å². The summed E-state index contributed by atoms with van der Waals surface area (Å²) in [5.41, 5.74) is 3.55. The zero-order valence-electron chi connectivity index (χ0n) is 20.8. The van der Waals surface area contributed by atoms with Gasteiger partial charge < -0.3 is 20.6 Å². The van der Waals surface area contributed by atoms with E-state index in [1.54, 1.807) is 17.9 Å². The lowest BCUT2D eigenvalue weighted by Gasteiger charge is -2.24. The number of nitrogens with zero attached hydrogens (tertiary/aromatic N) is 6. The quantitative estimate of drug-likeness (QED) is 0.288. The number of alkyl halides is 1. The number of unbranched alkanes of at least 4 members (excludes halogenated alkanes) is 1. The Bertz CT molecular complexity index is 1150. The molecule has 0 aromatic carbocycles. The molecule has 194 valence electrons. The van der Waals surface area contributed by atoms with Gasteiger partial charge in [0.1, 0.15) is 23.7 Å². The van der Waals surface area contributed by atoms with E-state index < -0.39 is 12.0 Å². The lowest BCUT2D eigenvalue weighted by atomic mass is 10.1. The van der Waals surface area contributed by atoms with Crippen LogP contribution in [0.1, 0.15) is 43.4 Å². The molecule has 3 N–H and O–H groups in total. The summed E-state index contributed by atoms with van der Waals surface area (Å²) in [6, 6.07) is 3.44. The first kappa shape index (κ1) is 25.7. The molecule has 0 amide bonds. The second kappa shape index (κ2) is 12.6. The summed E-state index contributed by atoms with van der Waals surface area (Å²) in [4.78, 5) is 27.2. The summed E-state index contributed by atoms with van der Waals surface area (Å²) in [5, 5.41) is 20.5. The lowest BCUT2D eigenvalue weighted by Crippen LogP contribution is -2.36. The van der Waals surface area contributed by atoms with Crippen LogP contribution in [0, 0.1) is 0 Å². The van der Waals surface area contributed by atoms with Crippen LogP contribution in [0.5, 0.6) is 0 Å². The highest BCUT2D eigenvalue weighted by Gasteiger charge is 2.21. The number of hydrogen-bond acceptors (Lipinski definition) is 8. The van der Waals surface area contributed by atoms with Gasteiger partial charge in [-0.05, 0) is 63.1 Å². The molecule has 1 atom stereocenters. The van der Waals surface area contributed by atoms with Gasteiger partial charge in [0, 0.05) is 32.4 Å². The van der Waals surface area contributed by atoms with Gasteiger partial charge in [0.2, 0.25) is 0 Å². The molecule has 0 spiro atoms. The molecule has 3 aromatic rings. The van der Waals surface area contributed by atoms with E-state index in [1.165, 1.54) is 11.9 Å². The number of anilines is 2. The van der Waals surface area contributed by atoms with Crippen LogP contribution in [0.2, 0.25) is 0 Å². The molecule has 0 radical (unpaired) electrons. The van der Waals surface area contributed by atoms with E-state index in [4.69, 9.17) is 4.98 Å². The van der Waals surface area contributed by atoms with E-state index in [0.717, 1.165) is 56.7 Å². The minimum atomic E-state index is -0.963. The molecule has 1 unspecified atom stereocenters.